The van der Waals surface area contributed by atoms with E-state index < -0.39 is 0 Å². The molecule has 2 N–H and O–H groups in total. The SMILES string of the molecule is O=C(CSc1nnc(-c2ccc(O)c(O)c2)o1)c1ccccc1. The number of Topliss-reactive ketones (excluding diaryl/α,β-unsaturated/α-hetero) is 1. The van der Waals surface area contributed by atoms with E-state index in [-0.39, 0.29) is 34.1 Å². The predicted molar refractivity (Wildman–Crippen MR) is 84.6 cm³/mol. The van der Waals surface area contributed by atoms with Gasteiger partial charge < -0.3 is 14.6 Å². The number of aromatic nitrogens is 2. The number of nitrogens with zero attached hydrogens (tertiary/aromatic N) is 2. The maximum absolute atomic E-state index is 12.0. The highest BCUT2D eigenvalue weighted by molar-refractivity contribution is 7.99. The Morgan fingerprint density at radius 2 is 1.83 bits per heavy atom. The van der Waals surface area contributed by atoms with Crippen molar-refractivity contribution in [1.29, 1.82) is 0 Å². The fourth-order valence-electron chi connectivity index (χ4n) is 1.88. The van der Waals surface area contributed by atoms with E-state index in [1.807, 2.05) is 6.07 Å². The fraction of sp³-hybridized carbons (Fsp3) is 0.0625. The minimum absolute atomic E-state index is 0.0300. The maximum Gasteiger partial charge on any atom is 0.277 e. The summed E-state index contributed by atoms with van der Waals surface area (Å²) in [6, 6.07) is 13.2. The van der Waals surface area contributed by atoms with Crippen LogP contribution in [0.3, 0.4) is 0 Å². The van der Waals surface area contributed by atoms with Gasteiger partial charge in [0.2, 0.25) is 5.89 Å². The van der Waals surface area contributed by atoms with E-state index in [2.05, 4.69) is 10.2 Å². The van der Waals surface area contributed by atoms with Crippen LogP contribution >= 0.6 is 11.8 Å². The van der Waals surface area contributed by atoms with Gasteiger partial charge in [0.05, 0.1) is 5.75 Å². The van der Waals surface area contributed by atoms with Crippen LogP contribution in [0.2, 0.25) is 0 Å². The van der Waals surface area contributed by atoms with Gasteiger partial charge in [-0.1, -0.05) is 42.1 Å². The molecule has 23 heavy (non-hydrogen) atoms. The van der Waals surface area contributed by atoms with Crippen LogP contribution in [0.15, 0.2) is 58.2 Å². The van der Waals surface area contributed by atoms with Crippen molar-refractivity contribution in [2.45, 2.75) is 5.22 Å². The molecule has 0 spiro atoms. The maximum atomic E-state index is 12.0. The highest BCUT2D eigenvalue weighted by Gasteiger charge is 2.13. The average Bonchev–Trinajstić information content (AvgIpc) is 3.05. The second-order valence-corrected chi connectivity index (χ2v) is 5.58. The molecule has 0 saturated heterocycles. The lowest BCUT2D eigenvalue weighted by Crippen LogP contribution is -2.01. The number of carbonyl (C=O) groups excluding carboxylic acids is 1. The smallest absolute Gasteiger partial charge is 0.277 e. The number of benzene rings is 2. The Morgan fingerprint density at radius 1 is 1.04 bits per heavy atom. The third-order valence-electron chi connectivity index (χ3n) is 3.05. The van der Waals surface area contributed by atoms with Crippen LogP contribution in [0.1, 0.15) is 10.4 Å². The normalized spacial score (nSPS) is 10.6. The first-order valence-electron chi connectivity index (χ1n) is 6.70. The summed E-state index contributed by atoms with van der Waals surface area (Å²) >= 11 is 1.14. The van der Waals surface area contributed by atoms with E-state index in [4.69, 9.17) is 4.42 Å². The molecule has 116 valence electrons. The fourth-order valence-corrected chi connectivity index (χ4v) is 2.53. The second-order valence-electron chi connectivity index (χ2n) is 4.65. The Morgan fingerprint density at radius 3 is 2.57 bits per heavy atom. The van der Waals surface area contributed by atoms with Crippen molar-refractivity contribution < 1.29 is 19.4 Å². The van der Waals surface area contributed by atoms with E-state index in [9.17, 15) is 15.0 Å². The molecule has 0 atom stereocenters. The Balaban J connectivity index is 1.68. The molecule has 0 saturated carbocycles. The first-order valence-corrected chi connectivity index (χ1v) is 7.69. The van der Waals surface area contributed by atoms with Crippen molar-refractivity contribution >= 4 is 17.5 Å². The summed E-state index contributed by atoms with van der Waals surface area (Å²) in [5.74, 6) is -0.134. The molecule has 3 rings (SSSR count). The number of hydrogen-bond acceptors (Lipinski definition) is 7. The van der Waals surface area contributed by atoms with Gasteiger partial charge in [-0.3, -0.25) is 4.79 Å². The van der Waals surface area contributed by atoms with Crippen LogP contribution in [-0.4, -0.2) is 31.9 Å². The number of aromatic hydroxyl groups is 2. The Hall–Kier alpha value is -2.80. The van der Waals surface area contributed by atoms with Gasteiger partial charge in [-0.25, -0.2) is 0 Å². The average molecular weight is 328 g/mol. The summed E-state index contributed by atoms with van der Waals surface area (Å²) < 4.78 is 5.45. The van der Waals surface area contributed by atoms with Crippen LogP contribution in [0, 0.1) is 0 Å². The molecule has 0 aliphatic carbocycles. The molecule has 2 aromatic carbocycles. The van der Waals surface area contributed by atoms with Gasteiger partial charge in [-0.2, -0.15) is 0 Å². The topological polar surface area (TPSA) is 96.5 Å². The van der Waals surface area contributed by atoms with Crippen LogP contribution in [0.4, 0.5) is 0 Å². The van der Waals surface area contributed by atoms with Crippen molar-refractivity contribution in [2.75, 3.05) is 5.75 Å². The monoisotopic (exact) mass is 328 g/mol. The zero-order chi connectivity index (χ0) is 16.2. The number of hydrogen-bond donors (Lipinski definition) is 2. The van der Waals surface area contributed by atoms with Crippen molar-refractivity contribution in [1.82, 2.24) is 10.2 Å². The molecule has 3 aromatic rings. The van der Waals surface area contributed by atoms with Crippen molar-refractivity contribution in [3.8, 4) is 23.0 Å². The molecule has 7 heteroatoms. The van der Waals surface area contributed by atoms with Crippen molar-refractivity contribution in [3.05, 3.63) is 54.1 Å². The molecule has 0 radical (unpaired) electrons. The Labute approximate surface area is 135 Å². The number of phenolic OH excluding ortho intramolecular Hbond substituents is 2. The van der Waals surface area contributed by atoms with Gasteiger partial charge in [0.25, 0.3) is 5.22 Å². The van der Waals surface area contributed by atoms with Gasteiger partial charge >= 0.3 is 0 Å². The molecule has 0 fully saturated rings. The van der Waals surface area contributed by atoms with Gasteiger partial charge in [0.1, 0.15) is 0 Å². The minimum Gasteiger partial charge on any atom is -0.504 e. The number of thioether (sulfide) groups is 1. The molecule has 0 bridgehead atoms. The molecule has 0 unspecified atom stereocenters. The van der Waals surface area contributed by atoms with Gasteiger partial charge in [0.15, 0.2) is 17.3 Å². The molecular weight excluding hydrogens is 316 g/mol. The van der Waals surface area contributed by atoms with E-state index in [1.54, 1.807) is 30.3 Å². The first kappa shape index (κ1) is 15.1. The summed E-state index contributed by atoms with van der Waals surface area (Å²) in [7, 11) is 0. The quantitative estimate of drug-likeness (QED) is 0.422. The van der Waals surface area contributed by atoms with Crippen LogP contribution < -0.4 is 0 Å². The zero-order valence-corrected chi connectivity index (χ0v) is 12.7. The number of carbonyl (C=O) groups is 1. The molecule has 0 amide bonds. The van der Waals surface area contributed by atoms with E-state index >= 15 is 0 Å². The highest BCUT2D eigenvalue weighted by atomic mass is 32.2. The lowest BCUT2D eigenvalue weighted by Gasteiger charge is -1.99. The van der Waals surface area contributed by atoms with Crippen LogP contribution in [0.5, 0.6) is 11.5 Å². The summed E-state index contributed by atoms with van der Waals surface area (Å²) in [5, 5.41) is 26.8. The first-order chi connectivity index (χ1) is 11.1. The van der Waals surface area contributed by atoms with E-state index in [1.165, 1.54) is 12.1 Å². The number of rotatable bonds is 5. The van der Waals surface area contributed by atoms with Gasteiger partial charge in [0, 0.05) is 11.1 Å². The molecule has 1 heterocycles. The standard InChI is InChI=1S/C16H12N2O4S/c19-12-7-6-11(8-13(12)20)15-17-18-16(22-15)23-9-14(21)10-4-2-1-3-5-10/h1-8,19-20H,9H2. The summed E-state index contributed by atoms with van der Waals surface area (Å²) in [6.45, 7) is 0. The molecule has 6 nitrogen and oxygen atoms in total. The third kappa shape index (κ3) is 3.51. The summed E-state index contributed by atoms with van der Waals surface area (Å²) in [6.07, 6.45) is 0. The largest absolute Gasteiger partial charge is 0.504 e. The highest BCUT2D eigenvalue weighted by Crippen LogP contribution is 2.31. The summed E-state index contributed by atoms with van der Waals surface area (Å²) in [4.78, 5) is 12.0. The minimum atomic E-state index is -0.269. The summed E-state index contributed by atoms with van der Waals surface area (Å²) in [5.41, 5.74) is 1.11. The van der Waals surface area contributed by atoms with Gasteiger partial charge in [-0.15, -0.1) is 10.2 Å². The number of ketones is 1. The molecular formula is C16H12N2O4S. The predicted octanol–water partition coefficient (Wildman–Crippen LogP) is 3.12. The van der Waals surface area contributed by atoms with Crippen LogP contribution in [-0.2, 0) is 0 Å². The van der Waals surface area contributed by atoms with Crippen LogP contribution in [0.25, 0.3) is 11.5 Å². The molecule has 1 aromatic heterocycles. The van der Waals surface area contributed by atoms with Crippen molar-refractivity contribution in [3.63, 3.8) is 0 Å². The number of phenols is 2. The second kappa shape index (κ2) is 6.53. The third-order valence-corrected chi connectivity index (χ3v) is 3.87. The van der Waals surface area contributed by atoms with E-state index in [0.717, 1.165) is 11.8 Å². The molecule has 0 aliphatic heterocycles. The lowest BCUT2D eigenvalue weighted by molar-refractivity contribution is 0.102. The van der Waals surface area contributed by atoms with E-state index in [0.29, 0.717) is 11.1 Å². The van der Waals surface area contributed by atoms with Gasteiger partial charge in [-0.05, 0) is 18.2 Å². The Bertz CT molecular complexity index is 833. The lowest BCUT2D eigenvalue weighted by atomic mass is 10.2. The molecule has 0 aliphatic rings. The Kier molecular flexibility index (Phi) is 4.29. The van der Waals surface area contributed by atoms with Crippen molar-refractivity contribution in [2.24, 2.45) is 0 Å². The zero-order valence-electron chi connectivity index (χ0n) is 11.8.